The fraction of sp³-hybridized carbons (Fsp3) is 0.429. The van der Waals surface area contributed by atoms with Crippen molar-refractivity contribution in [3.8, 4) is 0 Å². The minimum absolute atomic E-state index is 0.0126. The zero-order valence-corrected chi connectivity index (χ0v) is 11.8. The summed E-state index contributed by atoms with van der Waals surface area (Å²) in [5.74, 6) is -4.16. The highest BCUT2D eigenvalue weighted by molar-refractivity contribution is 6.05. The monoisotopic (exact) mass is 311 g/mol. The molecule has 1 fully saturated rings. The molecule has 3 rings (SSSR count). The Morgan fingerprint density at radius 2 is 1.68 bits per heavy atom. The third-order valence-corrected chi connectivity index (χ3v) is 4.11. The van der Waals surface area contributed by atoms with Crippen molar-refractivity contribution in [2.24, 2.45) is 21.5 Å². The second-order valence-corrected chi connectivity index (χ2v) is 5.51. The van der Waals surface area contributed by atoms with Gasteiger partial charge in [0.05, 0.1) is 5.69 Å². The minimum atomic E-state index is -1.54. The summed E-state index contributed by atoms with van der Waals surface area (Å²) in [7, 11) is 0. The predicted octanol–water partition coefficient (Wildman–Crippen LogP) is 2.21. The highest BCUT2D eigenvalue weighted by Gasteiger charge is 2.44. The molecule has 0 amide bonds. The molecule has 0 atom stereocenters. The van der Waals surface area contributed by atoms with Gasteiger partial charge in [-0.1, -0.05) is 6.42 Å². The molecule has 0 saturated heterocycles. The Labute approximate surface area is 125 Å². The average molecular weight is 311 g/mol. The first-order chi connectivity index (χ1) is 10.4. The number of halogens is 3. The van der Waals surface area contributed by atoms with Crippen molar-refractivity contribution in [1.29, 1.82) is 0 Å². The fourth-order valence-electron chi connectivity index (χ4n) is 3.16. The standard InChI is InChI=1S/C14H16F3N5/c15-8-4-5-9(11(17)10(8)16)22-13(19)20-12(18)21-14(22)6-2-1-3-7-14/h4-5H,1-3,6-7H2,(H4,18,19,20,21). The molecular weight excluding hydrogens is 295 g/mol. The summed E-state index contributed by atoms with van der Waals surface area (Å²) in [6, 6.07) is 2.00. The van der Waals surface area contributed by atoms with Crippen molar-refractivity contribution in [3.05, 3.63) is 29.6 Å². The summed E-state index contributed by atoms with van der Waals surface area (Å²) in [5.41, 5.74) is 10.5. The van der Waals surface area contributed by atoms with E-state index in [2.05, 4.69) is 9.98 Å². The number of hydrogen-bond acceptors (Lipinski definition) is 5. The molecule has 1 heterocycles. The summed E-state index contributed by atoms with van der Waals surface area (Å²) in [5, 5.41) is 0. The van der Waals surface area contributed by atoms with Crippen LogP contribution in [0, 0.1) is 17.5 Å². The maximum Gasteiger partial charge on any atom is 0.220 e. The van der Waals surface area contributed by atoms with Gasteiger partial charge in [0.1, 0.15) is 5.66 Å². The normalized spacial score (nSPS) is 20.8. The van der Waals surface area contributed by atoms with Gasteiger partial charge in [-0.2, -0.15) is 4.99 Å². The van der Waals surface area contributed by atoms with E-state index >= 15 is 0 Å². The lowest BCUT2D eigenvalue weighted by Crippen LogP contribution is -2.58. The lowest BCUT2D eigenvalue weighted by molar-refractivity contribution is 0.302. The molecule has 1 spiro atoms. The topological polar surface area (TPSA) is 80.0 Å². The Bertz CT molecular complexity index is 665. The SMILES string of the molecule is NC1=NC2(CCCCC2)N(c2ccc(F)c(F)c2F)C(N)=N1. The Morgan fingerprint density at radius 1 is 1.00 bits per heavy atom. The molecule has 4 N–H and O–H groups in total. The smallest absolute Gasteiger partial charge is 0.220 e. The first-order valence-corrected chi connectivity index (χ1v) is 7.08. The first kappa shape index (κ1) is 14.7. The van der Waals surface area contributed by atoms with Crippen LogP contribution in [0.1, 0.15) is 32.1 Å². The maximum atomic E-state index is 14.2. The average Bonchev–Trinajstić information content (AvgIpc) is 2.47. The van der Waals surface area contributed by atoms with Crippen molar-refractivity contribution in [1.82, 2.24) is 0 Å². The van der Waals surface area contributed by atoms with Gasteiger partial charge in [-0.15, -0.1) is 0 Å². The van der Waals surface area contributed by atoms with Crippen molar-refractivity contribution >= 4 is 17.6 Å². The van der Waals surface area contributed by atoms with Gasteiger partial charge in [-0.25, -0.2) is 18.2 Å². The van der Waals surface area contributed by atoms with Crippen molar-refractivity contribution in [3.63, 3.8) is 0 Å². The van der Waals surface area contributed by atoms with E-state index in [0.717, 1.165) is 31.4 Å². The Hall–Kier alpha value is -2.25. The molecular formula is C14H16F3N5. The zero-order valence-electron chi connectivity index (χ0n) is 11.8. The van der Waals surface area contributed by atoms with Crippen LogP contribution < -0.4 is 16.4 Å². The second kappa shape index (κ2) is 5.19. The molecule has 8 heteroatoms. The number of benzene rings is 1. The van der Waals surface area contributed by atoms with Gasteiger partial charge < -0.3 is 11.5 Å². The quantitative estimate of drug-likeness (QED) is 0.780. The molecule has 0 bridgehead atoms. The first-order valence-electron chi connectivity index (χ1n) is 7.08. The van der Waals surface area contributed by atoms with Crippen LogP contribution in [0.2, 0.25) is 0 Å². The second-order valence-electron chi connectivity index (χ2n) is 5.51. The van der Waals surface area contributed by atoms with E-state index in [1.54, 1.807) is 0 Å². The van der Waals surface area contributed by atoms with E-state index in [4.69, 9.17) is 11.5 Å². The Balaban J connectivity index is 2.14. The molecule has 5 nitrogen and oxygen atoms in total. The van der Waals surface area contributed by atoms with E-state index in [-0.39, 0.29) is 17.6 Å². The number of rotatable bonds is 1. The molecule has 1 aliphatic carbocycles. The number of anilines is 1. The molecule has 22 heavy (non-hydrogen) atoms. The van der Waals surface area contributed by atoms with Crippen LogP contribution in [0.5, 0.6) is 0 Å². The van der Waals surface area contributed by atoms with Gasteiger partial charge in [0.15, 0.2) is 17.5 Å². The van der Waals surface area contributed by atoms with Crippen LogP contribution >= 0.6 is 0 Å². The number of nitrogens with zero attached hydrogens (tertiary/aromatic N) is 3. The van der Waals surface area contributed by atoms with Crippen molar-refractivity contribution < 1.29 is 13.2 Å². The number of guanidine groups is 2. The van der Waals surface area contributed by atoms with Crippen LogP contribution in [0.25, 0.3) is 0 Å². The summed E-state index contributed by atoms with van der Waals surface area (Å²) < 4.78 is 41.0. The molecule has 0 unspecified atom stereocenters. The molecule has 0 aromatic heterocycles. The number of aliphatic imine (C=N–C) groups is 2. The largest absolute Gasteiger partial charge is 0.369 e. The Kier molecular flexibility index (Phi) is 3.46. The molecule has 1 saturated carbocycles. The van der Waals surface area contributed by atoms with Gasteiger partial charge >= 0.3 is 0 Å². The van der Waals surface area contributed by atoms with Crippen LogP contribution in [0.4, 0.5) is 18.9 Å². The zero-order chi connectivity index (χ0) is 15.9. The Morgan fingerprint density at radius 3 is 2.36 bits per heavy atom. The number of hydrogen-bond donors (Lipinski definition) is 2. The van der Waals surface area contributed by atoms with E-state index in [1.807, 2.05) is 0 Å². The van der Waals surface area contributed by atoms with Crippen molar-refractivity contribution in [2.45, 2.75) is 37.8 Å². The maximum absolute atomic E-state index is 14.2. The summed E-state index contributed by atoms with van der Waals surface area (Å²) >= 11 is 0. The van der Waals surface area contributed by atoms with Crippen LogP contribution in [0.3, 0.4) is 0 Å². The van der Waals surface area contributed by atoms with Gasteiger partial charge in [0, 0.05) is 0 Å². The molecule has 118 valence electrons. The van der Waals surface area contributed by atoms with E-state index in [0.29, 0.717) is 12.8 Å². The highest BCUT2D eigenvalue weighted by Crippen LogP contribution is 2.40. The predicted molar refractivity (Wildman–Crippen MR) is 77.9 cm³/mol. The van der Waals surface area contributed by atoms with E-state index in [1.165, 1.54) is 4.90 Å². The number of nitrogens with two attached hydrogens (primary N) is 2. The van der Waals surface area contributed by atoms with Crippen LogP contribution in [0.15, 0.2) is 22.1 Å². The van der Waals surface area contributed by atoms with Gasteiger partial charge in [0.25, 0.3) is 0 Å². The van der Waals surface area contributed by atoms with E-state index < -0.39 is 23.1 Å². The molecule has 0 radical (unpaired) electrons. The summed E-state index contributed by atoms with van der Waals surface area (Å²) in [6.07, 6.45) is 3.89. The molecule has 1 aromatic rings. The lowest BCUT2D eigenvalue weighted by Gasteiger charge is -2.45. The summed E-state index contributed by atoms with van der Waals surface area (Å²) in [4.78, 5) is 9.53. The third-order valence-electron chi connectivity index (χ3n) is 4.11. The molecule has 1 aliphatic heterocycles. The van der Waals surface area contributed by atoms with Crippen molar-refractivity contribution in [2.75, 3.05) is 4.90 Å². The van der Waals surface area contributed by atoms with Gasteiger partial charge in [-0.05, 0) is 37.8 Å². The van der Waals surface area contributed by atoms with Crippen LogP contribution in [-0.2, 0) is 0 Å². The highest BCUT2D eigenvalue weighted by atomic mass is 19.2. The van der Waals surface area contributed by atoms with E-state index in [9.17, 15) is 13.2 Å². The van der Waals surface area contributed by atoms with Crippen LogP contribution in [-0.4, -0.2) is 17.6 Å². The third kappa shape index (κ3) is 2.18. The fourth-order valence-corrected chi connectivity index (χ4v) is 3.16. The summed E-state index contributed by atoms with van der Waals surface area (Å²) in [6.45, 7) is 0. The molecule has 1 aromatic carbocycles. The molecule has 2 aliphatic rings. The van der Waals surface area contributed by atoms with Gasteiger partial charge in [0.2, 0.25) is 11.9 Å². The minimum Gasteiger partial charge on any atom is -0.369 e. The lowest BCUT2D eigenvalue weighted by atomic mass is 9.87. The van der Waals surface area contributed by atoms with Gasteiger partial charge in [-0.3, -0.25) is 4.90 Å².